The molecular formula is C17H19NO3. The Labute approximate surface area is 124 Å². The molecule has 0 aliphatic carbocycles. The van der Waals surface area contributed by atoms with Gasteiger partial charge in [0.1, 0.15) is 11.9 Å². The van der Waals surface area contributed by atoms with Crippen molar-refractivity contribution in [2.24, 2.45) is 0 Å². The zero-order valence-corrected chi connectivity index (χ0v) is 12.5. The van der Waals surface area contributed by atoms with Gasteiger partial charge in [0.2, 0.25) is 0 Å². The maximum atomic E-state index is 11.7. The monoisotopic (exact) mass is 285 g/mol. The molecule has 0 atom stereocenters. The van der Waals surface area contributed by atoms with Crippen LogP contribution in [0, 0.1) is 0 Å². The van der Waals surface area contributed by atoms with Crippen LogP contribution < -0.4 is 5.32 Å². The standard InChI is InChI=1S/C17H19NO3/c1-17(2,3)21-16(20)18-10-14-9-12(11-19)8-13-6-4-5-7-15(13)14/h4-9,11H,10H2,1-3H3,(H,18,20). The lowest BCUT2D eigenvalue weighted by atomic mass is 10.0. The number of fused-ring (bicyclic) bond motifs is 1. The van der Waals surface area contributed by atoms with E-state index in [2.05, 4.69) is 5.32 Å². The Bertz CT molecular complexity index is 671. The number of carbonyl (C=O) groups excluding carboxylic acids is 2. The number of amides is 1. The van der Waals surface area contributed by atoms with Crippen LogP contribution in [0.15, 0.2) is 36.4 Å². The number of hydrogen-bond donors (Lipinski definition) is 1. The highest BCUT2D eigenvalue weighted by molar-refractivity contribution is 5.91. The van der Waals surface area contributed by atoms with E-state index in [4.69, 9.17) is 4.74 Å². The number of ether oxygens (including phenoxy) is 1. The smallest absolute Gasteiger partial charge is 0.407 e. The molecule has 0 bridgehead atoms. The Balaban J connectivity index is 2.21. The van der Waals surface area contributed by atoms with Gasteiger partial charge in [0.15, 0.2) is 0 Å². The van der Waals surface area contributed by atoms with Crippen molar-refractivity contribution in [3.8, 4) is 0 Å². The van der Waals surface area contributed by atoms with Crippen LogP contribution in [-0.4, -0.2) is 18.0 Å². The fourth-order valence-corrected chi connectivity index (χ4v) is 2.11. The third-order valence-corrected chi connectivity index (χ3v) is 2.93. The van der Waals surface area contributed by atoms with Gasteiger partial charge in [-0.15, -0.1) is 0 Å². The minimum Gasteiger partial charge on any atom is -0.444 e. The molecule has 1 N–H and O–H groups in total. The van der Waals surface area contributed by atoms with Crippen molar-refractivity contribution < 1.29 is 14.3 Å². The third kappa shape index (κ3) is 4.05. The van der Waals surface area contributed by atoms with Crippen LogP contribution in [0.1, 0.15) is 36.7 Å². The highest BCUT2D eigenvalue weighted by Gasteiger charge is 2.16. The number of alkyl carbamates (subject to hydrolysis) is 1. The summed E-state index contributed by atoms with van der Waals surface area (Å²) in [6.45, 7) is 5.76. The van der Waals surface area contributed by atoms with Gasteiger partial charge in [0, 0.05) is 12.1 Å². The summed E-state index contributed by atoms with van der Waals surface area (Å²) in [6, 6.07) is 11.4. The van der Waals surface area contributed by atoms with Gasteiger partial charge in [-0.05, 0) is 49.2 Å². The van der Waals surface area contributed by atoms with Crippen molar-refractivity contribution in [3.63, 3.8) is 0 Å². The molecule has 2 aromatic carbocycles. The Hall–Kier alpha value is -2.36. The zero-order valence-electron chi connectivity index (χ0n) is 12.5. The molecule has 110 valence electrons. The molecule has 2 rings (SSSR count). The molecule has 1 amide bonds. The summed E-state index contributed by atoms with van der Waals surface area (Å²) in [6.07, 6.45) is 0.340. The van der Waals surface area contributed by atoms with Crippen molar-refractivity contribution in [1.29, 1.82) is 0 Å². The minimum absolute atomic E-state index is 0.317. The molecule has 0 unspecified atom stereocenters. The first-order valence-electron chi connectivity index (χ1n) is 6.83. The van der Waals surface area contributed by atoms with Gasteiger partial charge in [-0.25, -0.2) is 4.79 Å². The summed E-state index contributed by atoms with van der Waals surface area (Å²) in [5, 5.41) is 4.71. The van der Waals surface area contributed by atoms with E-state index in [1.807, 2.05) is 51.1 Å². The summed E-state index contributed by atoms with van der Waals surface area (Å²) in [5.74, 6) is 0. The molecule has 0 saturated carbocycles. The van der Waals surface area contributed by atoms with Crippen LogP contribution in [0.3, 0.4) is 0 Å². The molecular weight excluding hydrogens is 266 g/mol. The van der Waals surface area contributed by atoms with Crippen LogP contribution in [0.25, 0.3) is 10.8 Å². The number of benzene rings is 2. The molecule has 0 saturated heterocycles. The van der Waals surface area contributed by atoms with E-state index in [1.54, 1.807) is 6.07 Å². The van der Waals surface area contributed by atoms with E-state index in [0.29, 0.717) is 12.1 Å². The normalized spacial score (nSPS) is 11.2. The van der Waals surface area contributed by atoms with Gasteiger partial charge in [0.05, 0.1) is 0 Å². The molecule has 0 radical (unpaired) electrons. The van der Waals surface area contributed by atoms with Crippen LogP contribution >= 0.6 is 0 Å². The number of hydrogen-bond acceptors (Lipinski definition) is 3. The third-order valence-electron chi connectivity index (χ3n) is 2.93. The molecule has 21 heavy (non-hydrogen) atoms. The van der Waals surface area contributed by atoms with Crippen molar-refractivity contribution in [3.05, 3.63) is 47.5 Å². The topological polar surface area (TPSA) is 55.4 Å². The van der Waals surface area contributed by atoms with E-state index in [0.717, 1.165) is 22.6 Å². The quantitative estimate of drug-likeness (QED) is 0.875. The van der Waals surface area contributed by atoms with Crippen molar-refractivity contribution in [2.45, 2.75) is 32.9 Å². The predicted molar refractivity (Wildman–Crippen MR) is 82.4 cm³/mol. The lowest BCUT2D eigenvalue weighted by Gasteiger charge is -2.20. The number of rotatable bonds is 3. The van der Waals surface area contributed by atoms with Gasteiger partial charge in [-0.2, -0.15) is 0 Å². The fraction of sp³-hybridized carbons (Fsp3) is 0.294. The molecule has 0 aromatic heterocycles. The summed E-state index contributed by atoms with van der Waals surface area (Å²) < 4.78 is 5.21. The number of carbonyl (C=O) groups is 2. The molecule has 4 nitrogen and oxygen atoms in total. The molecule has 0 aliphatic rings. The maximum Gasteiger partial charge on any atom is 0.407 e. The van der Waals surface area contributed by atoms with Crippen LogP contribution in [0.4, 0.5) is 4.79 Å². The van der Waals surface area contributed by atoms with Crippen molar-refractivity contribution >= 4 is 23.2 Å². The lowest BCUT2D eigenvalue weighted by molar-refractivity contribution is 0.0523. The zero-order chi connectivity index (χ0) is 15.5. The van der Waals surface area contributed by atoms with Gasteiger partial charge >= 0.3 is 6.09 Å². The van der Waals surface area contributed by atoms with Crippen molar-refractivity contribution in [1.82, 2.24) is 5.32 Å². The Morgan fingerprint density at radius 2 is 1.95 bits per heavy atom. The van der Waals surface area contributed by atoms with Crippen LogP contribution in [0.5, 0.6) is 0 Å². The van der Waals surface area contributed by atoms with Gasteiger partial charge in [-0.1, -0.05) is 24.3 Å². The molecule has 0 fully saturated rings. The summed E-state index contributed by atoms with van der Waals surface area (Å²) in [5.41, 5.74) is 0.951. The number of aldehydes is 1. The SMILES string of the molecule is CC(C)(C)OC(=O)NCc1cc(C=O)cc2ccccc12. The van der Waals surface area contributed by atoms with E-state index in [-0.39, 0.29) is 0 Å². The Morgan fingerprint density at radius 1 is 1.24 bits per heavy atom. The largest absolute Gasteiger partial charge is 0.444 e. The average molecular weight is 285 g/mol. The fourth-order valence-electron chi connectivity index (χ4n) is 2.11. The van der Waals surface area contributed by atoms with E-state index in [9.17, 15) is 9.59 Å². The van der Waals surface area contributed by atoms with E-state index < -0.39 is 11.7 Å². The lowest BCUT2D eigenvalue weighted by Crippen LogP contribution is -2.32. The minimum atomic E-state index is -0.531. The van der Waals surface area contributed by atoms with E-state index >= 15 is 0 Å². The first-order chi connectivity index (χ1) is 9.89. The van der Waals surface area contributed by atoms with Gasteiger partial charge in [-0.3, -0.25) is 4.79 Å². The Morgan fingerprint density at radius 3 is 2.62 bits per heavy atom. The summed E-state index contributed by atoms with van der Waals surface area (Å²) >= 11 is 0. The molecule has 0 aliphatic heterocycles. The molecule has 0 spiro atoms. The maximum absolute atomic E-state index is 11.7. The van der Waals surface area contributed by atoms with Gasteiger partial charge in [0.25, 0.3) is 0 Å². The molecule has 4 heteroatoms. The first kappa shape index (κ1) is 15.0. The van der Waals surface area contributed by atoms with Crippen molar-refractivity contribution in [2.75, 3.05) is 0 Å². The van der Waals surface area contributed by atoms with Gasteiger partial charge < -0.3 is 10.1 Å². The first-order valence-corrected chi connectivity index (χ1v) is 6.83. The molecule has 0 heterocycles. The molecule has 2 aromatic rings. The summed E-state index contributed by atoms with van der Waals surface area (Å²) in [7, 11) is 0. The summed E-state index contributed by atoms with van der Waals surface area (Å²) in [4.78, 5) is 22.7. The second-order valence-corrected chi connectivity index (χ2v) is 5.87. The predicted octanol–water partition coefficient (Wildman–Crippen LogP) is 3.68. The Kier molecular flexibility index (Phi) is 4.26. The second kappa shape index (κ2) is 5.95. The highest BCUT2D eigenvalue weighted by atomic mass is 16.6. The average Bonchev–Trinajstić information content (AvgIpc) is 2.42. The van der Waals surface area contributed by atoms with E-state index in [1.165, 1.54) is 0 Å². The second-order valence-electron chi connectivity index (χ2n) is 5.87. The van der Waals surface area contributed by atoms with Crippen LogP contribution in [0.2, 0.25) is 0 Å². The number of nitrogens with one attached hydrogen (secondary N) is 1. The van der Waals surface area contributed by atoms with Crippen LogP contribution in [-0.2, 0) is 11.3 Å². The highest BCUT2D eigenvalue weighted by Crippen LogP contribution is 2.20.